The van der Waals surface area contributed by atoms with Crippen LogP contribution in [0, 0.1) is 10.5 Å². The van der Waals surface area contributed by atoms with E-state index in [2.05, 4.69) is 30.9 Å². The number of nitrogens with one attached hydrogen (secondary N) is 2. The lowest BCUT2D eigenvalue weighted by molar-refractivity contribution is -0.165. The van der Waals surface area contributed by atoms with Crippen molar-refractivity contribution in [2.24, 2.45) is 0 Å². The molecule has 0 atom stereocenters. The van der Waals surface area contributed by atoms with Crippen molar-refractivity contribution in [1.82, 2.24) is 35.1 Å². The molecule has 0 aliphatic heterocycles. The molecule has 0 aliphatic rings. The van der Waals surface area contributed by atoms with Crippen molar-refractivity contribution >= 4 is 51.7 Å². The molecule has 2 aromatic carbocycles. The number of pyridine rings is 1. The van der Waals surface area contributed by atoms with E-state index in [1.807, 2.05) is 52.9 Å². The number of carbonyl (C=O) groups excluding carboxylic acids is 2. The van der Waals surface area contributed by atoms with Gasteiger partial charge in [-0.1, -0.05) is 41.9 Å². The van der Waals surface area contributed by atoms with Crippen LogP contribution in [0.15, 0.2) is 66.9 Å². The van der Waals surface area contributed by atoms with Gasteiger partial charge in [0.25, 0.3) is 11.8 Å². The topological polar surface area (TPSA) is 120 Å². The molecule has 10 nitrogen and oxygen atoms in total. The van der Waals surface area contributed by atoms with Gasteiger partial charge in [0.05, 0.1) is 22.0 Å². The highest BCUT2D eigenvalue weighted by molar-refractivity contribution is 14.1. The van der Waals surface area contributed by atoms with Crippen molar-refractivity contribution in [1.29, 1.82) is 0 Å². The number of hydrogen-bond donors (Lipinski definition) is 2. The van der Waals surface area contributed by atoms with E-state index in [-0.39, 0.29) is 44.8 Å². The van der Waals surface area contributed by atoms with Gasteiger partial charge in [-0.05, 0) is 71.0 Å². The van der Waals surface area contributed by atoms with Crippen LogP contribution in [0.1, 0.15) is 49.1 Å². The minimum Gasteiger partial charge on any atom is -0.348 e. The first kappa shape index (κ1) is 33.8. The normalized spacial score (nSPS) is 11.9. The molecule has 47 heavy (non-hydrogen) atoms. The standard InChI is InChI=1S/C29H20ClF6IN8O2/c1-15-10-17(37)11-19(26(46)39-13-16-6-3-2-4-7-16)22(15)40-27(47)21-12-18(41-45(21)25-20(30)8-5-9-38-25)14-44-42-23(28(31,32)33)24(43-44)29(34,35)36/h2-12H,13-14H2,1H3,(H,39,46)(H,40,47). The molecule has 3 aromatic heterocycles. The molecule has 0 saturated heterocycles. The number of hydrogen-bond acceptors (Lipinski definition) is 6. The molecular formula is C29H20ClF6IN8O2. The Labute approximate surface area is 280 Å². The average Bonchev–Trinajstić information content (AvgIpc) is 3.63. The molecular weight excluding hydrogens is 769 g/mol. The van der Waals surface area contributed by atoms with Crippen molar-refractivity contribution in [3.8, 4) is 5.82 Å². The Kier molecular flexibility index (Phi) is 9.58. The first-order valence-corrected chi connectivity index (χ1v) is 14.8. The van der Waals surface area contributed by atoms with E-state index in [1.165, 1.54) is 18.3 Å². The molecule has 0 aliphatic carbocycles. The van der Waals surface area contributed by atoms with Gasteiger partial charge in [0.1, 0.15) is 12.2 Å². The maximum Gasteiger partial charge on any atom is 0.437 e. The Morgan fingerprint density at radius 2 is 1.55 bits per heavy atom. The second kappa shape index (κ2) is 13.3. The van der Waals surface area contributed by atoms with Crippen LogP contribution in [-0.4, -0.2) is 41.6 Å². The molecule has 0 fully saturated rings. The van der Waals surface area contributed by atoms with E-state index in [9.17, 15) is 35.9 Å². The summed E-state index contributed by atoms with van der Waals surface area (Å²) in [5.74, 6) is -1.39. The summed E-state index contributed by atoms with van der Waals surface area (Å²) in [6, 6.07) is 16.5. The first-order valence-electron chi connectivity index (χ1n) is 13.3. The number of amides is 2. The minimum atomic E-state index is -5.44. The lowest BCUT2D eigenvalue weighted by atomic mass is 10.1. The van der Waals surface area contributed by atoms with Crippen molar-refractivity contribution in [3.05, 3.63) is 115 Å². The summed E-state index contributed by atoms with van der Waals surface area (Å²) in [4.78, 5) is 31.4. The summed E-state index contributed by atoms with van der Waals surface area (Å²) < 4.78 is 81.6. The van der Waals surface area contributed by atoms with Crippen LogP contribution in [0.2, 0.25) is 5.02 Å². The number of alkyl halides is 6. The Bertz CT molecular complexity index is 1930. The second-order valence-electron chi connectivity index (χ2n) is 9.93. The summed E-state index contributed by atoms with van der Waals surface area (Å²) in [5.41, 5.74) is -3.24. The molecule has 18 heteroatoms. The smallest absolute Gasteiger partial charge is 0.348 e. The molecule has 5 rings (SSSR count). The quantitative estimate of drug-likeness (QED) is 0.134. The molecule has 0 saturated carbocycles. The van der Waals surface area contributed by atoms with Crippen LogP contribution in [0.5, 0.6) is 0 Å². The number of halogens is 8. The predicted molar refractivity (Wildman–Crippen MR) is 165 cm³/mol. The Hall–Kier alpha value is -4.52. The summed E-state index contributed by atoms with van der Waals surface area (Å²) in [7, 11) is 0. The molecule has 0 radical (unpaired) electrons. The van der Waals surface area contributed by atoms with E-state index in [0.717, 1.165) is 16.3 Å². The van der Waals surface area contributed by atoms with E-state index in [0.29, 0.717) is 9.13 Å². The maximum absolute atomic E-state index is 13.8. The lowest BCUT2D eigenvalue weighted by Crippen LogP contribution is -2.26. The molecule has 0 unspecified atom stereocenters. The van der Waals surface area contributed by atoms with Gasteiger partial charge in [0.2, 0.25) is 0 Å². The number of anilines is 1. The molecule has 0 spiro atoms. The first-order chi connectivity index (χ1) is 22.1. The van der Waals surface area contributed by atoms with Gasteiger partial charge in [-0.2, -0.15) is 36.2 Å². The lowest BCUT2D eigenvalue weighted by Gasteiger charge is -2.15. The van der Waals surface area contributed by atoms with E-state index >= 15 is 0 Å². The number of aromatic nitrogens is 6. The third-order valence-electron chi connectivity index (χ3n) is 6.51. The number of carbonyl (C=O) groups is 2. The van der Waals surface area contributed by atoms with Gasteiger partial charge in [-0.25, -0.2) is 9.67 Å². The zero-order valence-electron chi connectivity index (χ0n) is 23.8. The van der Waals surface area contributed by atoms with E-state index < -0.39 is 42.1 Å². The third kappa shape index (κ3) is 7.73. The molecule has 3 heterocycles. The molecule has 0 bridgehead atoms. The minimum absolute atomic E-state index is 0.0264. The number of rotatable bonds is 8. The van der Waals surface area contributed by atoms with Gasteiger partial charge < -0.3 is 10.6 Å². The van der Waals surface area contributed by atoms with Crippen molar-refractivity contribution in [2.45, 2.75) is 32.4 Å². The largest absolute Gasteiger partial charge is 0.437 e. The molecule has 2 amide bonds. The Morgan fingerprint density at radius 1 is 0.894 bits per heavy atom. The number of aryl methyl sites for hydroxylation is 1. The average molecular weight is 789 g/mol. The zero-order chi connectivity index (χ0) is 34.1. The van der Waals surface area contributed by atoms with E-state index in [1.54, 1.807) is 19.1 Å². The van der Waals surface area contributed by atoms with E-state index in [4.69, 9.17) is 11.6 Å². The zero-order valence-corrected chi connectivity index (χ0v) is 26.7. The molecule has 244 valence electrons. The van der Waals surface area contributed by atoms with Crippen molar-refractivity contribution in [3.63, 3.8) is 0 Å². The summed E-state index contributed by atoms with van der Waals surface area (Å²) in [6.45, 7) is 1.09. The van der Waals surface area contributed by atoms with Gasteiger partial charge in [0, 0.05) is 16.3 Å². The summed E-state index contributed by atoms with van der Waals surface area (Å²) in [6.07, 6.45) is -9.54. The van der Waals surface area contributed by atoms with Crippen LogP contribution in [0.3, 0.4) is 0 Å². The maximum atomic E-state index is 13.8. The van der Waals surface area contributed by atoms with Crippen LogP contribution >= 0.6 is 34.2 Å². The van der Waals surface area contributed by atoms with Crippen LogP contribution in [0.25, 0.3) is 5.82 Å². The SMILES string of the molecule is Cc1cc(I)cc(C(=O)NCc2ccccc2)c1NC(=O)c1cc(Cn2nc(C(F)(F)F)c(C(F)(F)F)n2)nn1-c1ncccc1Cl. The van der Waals surface area contributed by atoms with Gasteiger partial charge >= 0.3 is 12.4 Å². The second-order valence-corrected chi connectivity index (χ2v) is 11.6. The van der Waals surface area contributed by atoms with Gasteiger partial charge in [-0.15, -0.1) is 10.2 Å². The van der Waals surface area contributed by atoms with Crippen molar-refractivity contribution < 1.29 is 35.9 Å². The predicted octanol–water partition coefficient (Wildman–Crippen LogP) is 6.69. The molecule has 5 aromatic rings. The van der Waals surface area contributed by atoms with Crippen LogP contribution in [0.4, 0.5) is 32.0 Å². The monoisotopic (exact) mass is 788 g/mol. The third-order valence-corrected chi connectivity index (χ3v) is 7.43. The highest BCUT2D eigenvalue weighted by atomic mass is 127. The summed E-state index contributed by atoms with van der Waals surface area (Å²) in [5, 5.41) is 15.7. The van der Waals surface area contributed by atoms with Crippen molar-refractivity contribution in [2.75, 3.05) is 5.32 Å². The number of benzene rings is 2. The fourth-order valence-electron chi connectivity index (χ4n) is 4.45. The Balaban J connectivity index is 1.51. The van der Waals surface area contributed by atoms with Gasteiger partial charge in [0.15, 0.2) is 17.2 Å². The van der Waals surface area contributed by atoms with Crippen LogP contribution in [-0.2, 0) is 25.4 Å². The molecule has 2 N–H and O–H groups in total. The Morgan fingerprint density at radius 3 is 2.17 bits per heavy atom. The highest BCUT2D eigenvalue weighted by Gasteiger charge is 2.48. The van der Waals surface area contributed by atoms with Gasteiger partial charge in [-0.3, -0.25) is 9.59 Å². The highest BCUT2D eigenvalue weighted by Crippen LogP contribution is 2.38. The fourth-order valence-corrected chi connectivity index (χ4v) is 5.43. The van der Waals surface area contributed by atoms with Crippen LogP contribution < -0.4 is 10.6 Å². The number of nitrogens with zero attached hydrogens (tertiary/aromatic N) is 6. The summed E-state index contributed by atoms with van der Waals surface area (Å²) >= 11 is 8.32. The fraction of sp³-hybridized carbons (Fsp3) is 0.172.